The van der Waals surface area contributed by atoms with Gasteiger partial charge in [-0.05, 0) is 36.6 Å². The van der Waals surface area contributed by atoms with Crippen LogP contribution in [0.1, 0.15) is 1.43 Å². The Labute approximate surface area is 179 Å². The Morgan fingerprint density at radius 1 is 1.04 bits per heavy atom. The number of nitrogens with zero attached hydrogens (tertiary/aromatic N) is 2. The summed E-state index contributed by atoms with van der Waals surface area (Å²) in [4.78, 5) is 0.849. The van der Waals surface area contributed by atoms with Crippen molar-refractivity contribution in [3.05, 3.63) is 54.6 Å². The molecule has 3 aromatic rings. The number of hydrogen-bond acceptors (Lipinski definition) is 6. The summed E-state index contributed by atoms with van der Waals surface area (Å²) >= 11 is 1.61. The van der Waals surface area contributed by atoms with Gasteiger partial charge in [-0.2, -0.15) is 13.5 Å². The fourth-order valence-corrected chi connectivity index (χ4v) is 3.53. The van der Waals surface area contributed by atoms with Crippen molar-refractivity contribution in [3.8, 4) is 0 Å². The summed E-state index contributed by atoms with van der Waals surface area (Å²) in [7, 11) is -4.42. The zero-order valence-electron chi connectivity index (χ0n) is 15.2. The number of nitrogens with two attached hydrogens (primary N) is 1. The molecule has 26 heavy (non-hydrogen) atoms. The molecule has 6 nitrogen and oxygen atoms in total. The van der Waals surface area contributed by atoms with Gasteiger partial charge in [-0.3, -0.25) is 4.55 Å². The Morgan fingerprint density at radius 2 is 1.65 bits per heavy atom. The Hall–Kier alpha value is -1.42. The van der Waals surface area contributed by atoms with E-state index in [4.69, 9.17) is 5.73 Å². The molecule has 3 N–H and O–H groups in total. The van der Waals surface area contributed by atoms with E-state index < -0.39 is 10.1 Å². The number of rotatable bonds is 4. The summed E-state index contributed by atoms with van der Waals surface area (Å²) in [5.41, 5.74) is 7.20. The van der Waals surface area contributed by atoms with Gasteiger partial charge in [0.25, 0.3) is 10.1 Å². The van der Waals surface area contributed by atoms with E-state index in [1.807, 2.05) is 18.4 Å². The number of thioether (sulfide) groups is 1. The third-order valence-electron chi connectivity index (χ3n) is 3.65. The number of azo groups is 1. The van der Waals surface area contributed by atoms with Gasteiger partial charge in [0.05, 0.1) is 11.4 Å². The van der Waals surface area contributed by atoms with Crippen molar-refractivity contribution in [1.29, 1.82) is 0 Å². The molecule has 0 amide bonds. The van der Waals surface area contributed by atoms with Gasteiger partial charge < -0.3 is 7.16 Å². The normalized spacial score (nSPS) is 11.6. The van der Waals surface area contributed by atoms with E-state index in [9.17, 15) is 13.0 Å². The molecule has 3 rings (SSSR count). The quantitative estimate of drug-likeness (QED) is 0.230. The monoisotopic (exact) mass is 397 g/mol. The average Bonchev–Trinajstić information content (AvgIpc) is 2.61. The smallest absolute Gasteiger partial charge is 1.00 e. The molecule has 0 aliphatic carbocycles. The maximum atomic E-state index is 11.7. The molecule has 9 heteroatoms. The van der Waals surface area contributed by atoms with Crippen LogP contribution in [0.4, 0.5) is 17.1 Å². The van der Waals surface area contributed by atoms with Gasteiger partial charge in [-0.25, -0.2) is 0 Å². The van der Waals surface area contributed by atoms with Crippen LogP contribution in [0.3, 0.4) is 0 Å². The SMILES string of the molecule is CSc1ccc(N=Nc2cc(S(=O)(=O)O)c3ccccc3c2N)cc1.[H-].[Na+]. The van der Waals surface area contributed by atoms with E-state index in [0.29, 0.717) is 22.1 Å². The molecule has 0 heterocycles. The van der Waals surface area contributed by atoms with E-state index in [-0.39, 0.29) is 41.6 Å². The topological polar surface area (TPSA) is 105 Å². The van der Waals surface area contributed by atoms with Crippen molar-refractivity contribution in [1.82, 2.24) is 0 Å². The van der Waals surface area contributed by atoms with Crippen LogP contribution < -0.4 is 35.3 Å². The number of hydrogen-bond donors (Lipinski definition) is 2. The first-order chi connectivity index (χ1) is 11.9. The van der Waals surface area contributed by atoms with Crippen molar-refractivity contribution >= 4 is 49.7 Å². The van der Waals surface area contributed by atoms with Gasteiger partial charge in [0.2, 0.25) is 0 Å². The molecule has 0 radical (unpaired) electrons. The number of benzene rings is 3. The predicted molar refractivity (Wildman–Crippen MR) is 102 cm³/mol. The van der Waals surface area contributed by atoms with E-state index in [0.717, 1.165) is 4.90 Å². The van der Waals surface area contributed by atoms with Crippen molar-refractivity contribution < 1.29 is 44.0 Å². The van der Waals surface area contributed by atoms with E-state index in [1.165, 1.54) is 6.07 Å². The van der Waals surface area contributed by atoms with E-state index in [1.54, 1.807) is 48.2 Å². The standard InChI is InChI=1S/C17H15N3O3S2.Na.H/c1-24-12-8-6-11(7-9-12)19-20-15-10-16(25(21,22)23)13-4-2-3-5-14(13)17(15)18;;/h2-10H,18H2,1H3,(H,21,22,23);;/q;+1;-1. The largest absolute Gasteiger partial charge is 1.00 e. The average molecular weight is 397 g/mol. The van der Waals surface area contributed by atoms with Gasteiger partial charge in [-0.15, -0.1) is 16.9 Å². The van der Waals surface area contributed by atoms with Gasteiger partial charge in [-0.1, -0.05) is 24.3 Å². The summed E-state index contributed by atoms with van der Waals surface area (Å²) in [6.45, 7) is 0. The zero-order valence-corrected chi connectivity index (χ0v) is 17.9. The molecule has 0 aromatic heterocycles. The van der Waals surface area contributed by atoms with Crippen LogP contribution in [0.15, 0.2) is 74.6 Å². The minimum atomic E-state index is -4.42. The molecular weight excluding hydrogens is 381 g/mol. The van der Waals surface area contributed by atoms with Gasteiger partial charge in [0, 0.05) is 15.7 Å². The van der Waals surface area contributed by atoms with Crippen LogP contribution in [0, 0.1) is 0 Å². The zero-order chi connectivity index (χ0) is 18.0. The summed E-state index contributed by atoms with van der Waals surface area (Å²) < 4.78 is 32.9. The van der Waals surface area contributed by atoms with Crippen LogP contribution in [0.2, 0.25) is 0 Å². The second-order valence-electron chi connectivity index (χ2n) is 5.23. The summed E-state index contributed by atoms with van der Waals surface area (Å²) in [6.07, 6.45) is 1.98. The molecule has 0 unspecified atom stereocenters. The third-order valence-corrected chi connectivity index (χ3v) is 5.29. The molecule has 0 saturated carbocycles. The van der Waals surface area contributed by atoms with Gasteiger partial charge >= 0.3 is 29.6 Å². The third kappa shape index (κ3) is 4.46. The van der Waals surface area contributed by atoms with Crippen LogP contribution >= 0.6 is 11.8 Å². The first-order valence-electron chi connectivity index (χ1n) is 7.24. The molecule has 0 atom stereocenters. The fourth-order valence-electron chi connectivity index (χ4n) is 2.41. The van der Waals surface area contributed by atoms with E-state index in [2.05, 4.69) is 10.2 Å². The number of nitrogen functional groups attached to an aromatic ring is 1. The maximum absolute atomic E-state index is 11.7. The Kier molecular flexibility index (Phi) is 6.84. The van der Waals surface area contributed by atoms with Crippen molar-refractivity contribution in [2.24, 2.45) is 10.2 Å². The molecule has 130 valence electrons. The van der Waals surface area contributed by atoms with Crippen LogP contribution in [-0.4, -0.2) is 19.2 Å². The fraction of sp³-hybridized carbons (Fsp3) is 0.0588. The number of fused-ring (bicyclic) bond motifs is 1. The Morgan fingerprint density at radius 3 is 2.23 bits per heavy atom. The van der Waals surface area contributed by atoms with Crippen LogP contribution in [0.5, 0.6) is 0 Å². The Bertz CT molecular complexity index is 1070. The molecule has 0 saturated heterocycles. The maximum Gasteiger partial charge on any atom is 1.00 e. The van der Waals surface area contributed by atoms with Crippen molar-refractivity contribution in [2.75, 3.05) is 12.0 Å². The molecular formula is C17H16N3NaO3S2. The molecule has 3 aromatic carbocycles. The van der Waals surface area contributed by atoms with E-state index >= 15 is 0 Å². The molecule has 0 bridgehead atoms. The van der Waals surface area contributed by atoms with Gasteiger partial charge in [0.15, 0.2) is 0 Å². The molecule has 0 aliphatic heterocycles. The predicted octanol–water partition coefficient (Wildman–Crippen LogP) is 1.92. The second-order valence-corrected chi connectivity index (χ2v) is 7.50. The summed E-state index contributed by atoms with van der Waals surface area (Å²) in [5.74, 6) is 0. The minimum absolute atomic E-state index is 0. The summed E-state index contributed by atoms with van der Waals surface area (Å²) in [6, 6.07) is 15.3. The molecule has 0 fully saturated rings. The molecule has 0 aliphatic rings. The minimum Gasteiger partial charge on any atom is -1.00 e. The first kappa shape index (κ1) is 20.9. The van der Waals surface area contributed by atoms with Crippen molar-refractivity contribution in [2.45, 2.75) is 9.79 Å². The van der Waals surface area contributed by atoms with Crippen molar-refractivity contribution in [3.63, 3.8) is 0 Å². The summed E-state index contributed by atoms with van der Waals surface area (Å²) in [5, 5.41) is 9.00. The number of anilines is 1. The van der Waals surface area contributed by atoms with Gasteiger partial charge in [0.1, 0.15) is 10.6 Å². The van der Waals surface area contributed by atoms with Crippen LogP contribution in [-0.2, 0) is 10.1 Å². The van der Waals surface area contributed by atoms with Crippen LogP contribution in [0.25, 0.3) is 10.8 Å². The Balaban J connectivity index is 0.00000182. The first-order valence-corrected chi connectivity index (χ1v) is 9.91. The second kappa shape index (κ2) is 8.51. The molecule has 0 spiro atoms.